The van der Waals surface area contributed by atoms with Gasteiger partial charge in [0.05, 0.1) is 0 Å². The van der Waals surface area contributed by atoms with Gasteiger partial charge >= 0.3 is 17.9 Å². The van der Waals surface area contributed by atoms with Gasteiger partial charge in [0, 0.05) is 19.3 Å². The molecule has 1 atom stereocenters. The van der Waals surface area contributed by atoms with Crippen LogP contribution in [0.5, 0.6) is 0 Å². The lowest BCUT2D eigenvalue weighted by Crippen LogP contribution is -2.30. The molecule has 0 radical (unpaired) electrons. The molecule has 390 valence electrons. The van der Waals surface area contributed by atoms with Gasteiger partial charge in [0.25, 0.3) is 0 Å². The predicted octanol–water partition coefficient (Wildman–Crippen LogP) is 19.4. The fourth-order valence-electron chi connectivity index (χ4n) is 8.39. The summed E-state index contributed by atoms with van der Waals surface area (Å²) in [6.07, 6.45) is 68.1. The molecule has 0 unspecified atom stereocenters. The van der Waals surface area contributed by atoms with Crippen molar-refractivity contribution in [2.24, 2.45) is 0 Å². The van der Waals surface area contributed by atoms with Crippen molar-refractivity contribution in [2.45, 2.75) is 309 Å². The lowest BCUT2D eigenvalue weighted by molar-refractivity contribution is -0.167. The summed E-state index contributed by atoms with van der Waals surface area (Å²) in [6.45, 7) is 6.60. The van der Waals surface area contributed by atoms with Crippen molar-refractivity contribution in [2.75, 3.05) is 13.2 Å². The number of carbonyl (C=O) groups is 3. The Hall–Kier alpha value is -2.63. The van der Waals surface area contributed by atoms with Crippen LogP contribution >= 0.6 is 0 Å². The Morgan fingerprint density at radius 3 is 0.851 bits per heavy atom. The molecule has 0 saturated carbocycles. The minimum atomic E-state index is -0.784. The predicted molar refractivity (Wildman–Crippen MR) is 289 cm³/mol. The van der Waals surface area contributed by atoms with Crippen LogP contribution in [0.25, 0.3) is 0 Å². The molecule has 0 N–H and O–H groups in total. The van der Waals surface area contributed by atoms with Gasteiger partial charge in [0.15, 0.2) is 6.10 Å². The second-order valence-corrected chi connectivity index (χ2v) is 19.6. The Morgan fingerprint density at radius 2 is 0.537 bits per heavy atom. The minimum Gasteiger partial charge on any atom is -0.462 e. The first-order valence-corrected chi connectivity index (χ1v) is 29.1. The molecule has 0 heterocycles. The Balaban J connectivity index is 4.36. The van der Waals surface area contributed by atoms with Crippen molar-refractivity contribution in [1.29, 1.82) is 0 Å². The molecule has 0 rings (SSSR count). The monoisotopic (exact) mass is 939 g/mol. The fraction of sp³-hybridized carbons (Fsp3) is 0.820. The van der Waals surface area contributed by atoms with Crippen molar-refractivity contribution in [3.8, 4) is 0 Å². The lowest BCUT2D eigenvalue weighted by atomic mass is 10.0. The second-order valence-electron chi connectivity index (χ2n) is 19.6. The average molecular weight is 940 g/mol. The number of hydrogen-bond donors (Lipinski definition) is 0. The maximum Gasteiger partial charge on any atom is 0.306 e. The Morgan fingerprint density at radius 1 is 0.299 bits per heavy atom. The third-order valence-electron chi connectivity index (χ3n) is 12.8. The number of unbranched alkanes of at least 4 members (excludes halogenated alkanes) is 34. The molecule has 6 heteroatoms. The van der Waals surface area contributed by atoms with E-state index in [1.165, 1.54) is 161 Å². The van der Waals surface area contributed by atoms with Crippen molar-refractivity contribution in [1.82, 2.24) is 0 Å². The highest BCUT2D eigenvalue weighted by Crippen LogP contribution is 2.16. The van der Waals surface area contributed by atoms with Crippen LogP contribution in [0.1, 0.15) is 303 Å². The van der Waals surface area contributed by atoms with Gasteiger partial charge in [-0.25, -0.2) is 0 Å². The largest absolute Gasteiger partial charge is 0.462 e. The van der Waals surface area contributed by atoms with Gasteiger partial charge in [-0.05, 0) is 83.5 Å². The van der Waals surface area contributed by atoms with Crippen LogP contribution in [0.3, 0.4) is 0 Å². The summed E-state index contributed by atoms with van der Waals surface area (Å²) >= 11 is 0. The van der Waals surface area contributed by atoms with E-state index in [2.05, 4.69) is 69.4 Å². The van der Waals surface area contributed by atoms with Gasteiger partial charge in [0.1, 0.15) is 13.2 Å². The van der Waals surface area contributed by atoms with Crippen molar-refractivity contribution in [3.05, 3.63) is 48.6 Å². The first-order valence-electron chi connectivity index (χ1n) is 29.1. The summed E-state index contributed by atoms with van der Waals surface area (Å²) in [6, 6.07) is 0. The molecule has 6 nitrogen and oxygen atoms in total. The third kappa shape index (κ3) is 54.2. The first kappa shape index (κ1) is 64.4. The molecule has 0 amide bonds. The number of ether oxygens (including phenoxy) is 3. The highest BCUT2D eigenvalue weighted by Gasteiger charge is 2.19. The normalized spacial score (nSPS) is 12.3. The highest BCUT2D eigenvalue weighted by atomic mass is 16.6. The van der Waals surface area contributed by atoms with Crippen LogP contribution in [0, 0.1) is 0 Å². The highest BCUT2D eigenvalue weighted by molar-refractivity contribution is 5.71. The Kier molecular flexibility index (Phi) is 53.8. The minimum absolute atomic E-state index is 0.0805. The van der Waals surface area contributed by atoms with E-state index in [-0.39, 0.29) is 31.1 Å². The quantitative estimate of drug-likeness (QED) is 0.0262. The maximum atomic E-state index is 12.8. The number of hydrogen-bond acceptors (Lipinski definition) is 6. The number of esters is 3. The molecule has 0 aromatic heterocycles. The molecular formula is C61H110O6. The van der Waals surface area contributed by atoms with Gasteiger partial charge in [-0.3, -0.25) is 14.4 Å². The fourth-order valence-corrected chi connectivity index (χ4v) is 8.39. The van der Waals surface area contributed by atoms with E-state index in [4.69, 9.17) is 14.2 Å². The number of carbonyl (C=O) groups excluding carboxylic acids is 3. The molecule has 67 heavy (non-hydrogen) atoms. The third-order valence-corrected chi connectivity index (χ3v) is 12.8. The molecule has 0 fully saturated rings. The van der Waals surface area contributed by atoms with Crippen LogP contribution < -0.4 is 0 Å². The topological polar surface area (TPSA) is 78.9 Å². The lowest BCUT2D eigenvalue weighted by Gasteiger charge is -2.18. The number of allylic oxidation sites excluding steroid dienone is 8. The van der Waals surface area contributed by atoms with Gasteiger partial charge in [-0.1, -0.05) is 249 Å². The zero-order chi connectivity index (χ0) is 48.6. The first-order chi connectivity index (χ1) is 33.0. The van der Waals surface area contributed by atoms with E-state index in [0.717, 1.165) is 103 Å². The maximum absolute atomic E-state index is 12.8. The Labute approximate surface area is 416 Å². The Bertz CT molecular complexity index is 1170. The summed E-state index contributed by atoms with van der Waals surface area (Å²) < 4.78 is 16.9. The SMILES string of the molecule is CCCCC/C=C\C/C=C\CCCCCCCC(=O)OC[C@H](COC(=O)CCCCCCCCCCCCCCCCCCCCC)OC(=O)CCCCCCC/C=C\C/C=C\CCCCC. The van der Waals surface area contributed by atoms with E-state index in [1.807, 2.05) is 0 Å². The van der Waals surface area contributed by atoms with E-state index in [0.29, 0.717) is 19.3 Å². The van der Waals surface area contributed by atoms with Gasteiger partial charge in [-0.2, -0.15) is 0 Å². The summed E-state index contributed by atoms with van der Waals surface area (Å²) in [7, 11) is 0. The van der Waals surface area contributed by atoms with E-state index < -0.39 is 6.10 Å². The van der Waals surface area contributed by atoms with Gasteiger partial charge in [-0.15, -0.1) is 0 Å². The van der Waals surface area contributed by atoms with E-state index in [1.54, 1.807) is 0 Å². The summed E-state index contributed by atoms with van der Waals surface area (Å²) in [4.78, 5) is 38.1. The standard InChI is InChI=1S/C61H110O6/c1-4-7-10-13-16-19-22-25-28-29-30-31-34-36-39-42-45-48-51-54-60(63)66-57-58(67-61(64)55-52-49-46-43-40-37-33-27-24-21-18-15-12-9-6-3)56-65-59(62)53-50-47-44-41-38-35-32-26-23-20-17-14-11-8-5-2/h17-18,20-21,26-27,32-33,58H,4-16,19,22-25,28-31,34-57H2,1-3H3/b20-17-,21-18-,32-26-,33-27-/t58-/m1/s1. The summed E-state index contributed by atoms with van der Waals surface area (Å²) in [5, 5.41) is 0. The molecule has 0 spiro atoms. The zero-order valence-electron chi connectivity index (χ0n) is 44.7. The van der Waals surface area contributed by atoms with Gasteiger partial charge in [0.2, 0.25) is 0 Å². The van der Waals surface area contributed by atoms with Crippen molar-refractivity contribution < 1.29 is 28.6 Å². The van der Waals surface area contributed by atoms with E-state index in [9.17, 15) is 14.4 Å². The van der Waals surface area contributed by atoms with Crippen LogP contribution in [0.2, 0.25) is 0 Å². The van der Waals surface area contributed by atoms with Crippen molar-refractivity contribution in [3.63, 3.8) is 0 Å². The molecule has 0 bridgehead atoms. The molecule has 0 aliphatic heterocycles. The van der Waals surface area contributed by atoms with Crippen LogP contribution in [0.4, 0.5) is 0 Å². The summed E-state index contributed by atoms with van der Waals surface area (Å²) in [5.41, 5.74) is 0. The average Bonchev–Trinajstić information content (AvgIpc) is 3.33. The zero-order valence-corrected chi connectivity index (χ0v) is 44.7. The van der Waals surface area contributed by atoms with E-state index >= 15 is 0 Å². The second kappa shape index (κ2) is 56.0. The summed E-state index contributed by atoms with van der Waals surface area (Å²) in [5.74, 6) is -0.894. The van der Waals surface area contributed by atoms with Gasteiger partial charge < -0.3 is 14.2 Å². The van der Waals surface area contributed by atoms with Crippen molar-refractivity contribution >= 4 is 17.9 Å². The smallest absolute Gasteiger partial charge is 0.306 e. The van der Waals surface area contributed by atoms with Crippen LogP contribution in [0.15, 0.2) is 48.6 Å². The molecular weight excluding hydrogens is 829 g/mol. The number of rotatable bonds is 53. The van der Waals surface area contributed by atoms with Crippen LogP contribution in [-0.4, -0.2) is 37.2 Å². The van der Waals surface area contributed by atoms with Crippen LogP contribution in [-0.2, 0) is 28.6 Å². The molecule has 0 aromatic rings. The molecule has 0 saturated heterocycles. The molecule has 0 aliphatic carbocycles. The molecule has 0 aliphatic rings. The molecule has 0 aromatic carbocycles.